The van der Waals surface area contributed by atoms with Crippen molar-refractivity contribution in [1.29, 1.82) is 0 Å². The van der Waals surface area contributed by atoms with E-state index in [-0.39, 0.29) is 17.7 Å². The number of anilines is 1. The van der Waals surface area contributed by atoms with E-state index < -0.39 is 6.04 Å². The number of amides is 2. The Balaban J connectivity index is 1.73. The number of aryl methyl sites for hydroxylation is 1. The van der Waals surface area contributed by atoms with E-state index in [1.54, 1.807) is 23.3 Å². The van der Waals surface area contributed by atoms with Gasteiger partial charge in [0.1, 0.15) is 5.75 Å². The van der Waals surface area contributed by atoms with Gasteiger partial charge in [0.2, 0.25) is 11.8 Å². The Morgan fingerprint density at radius 3 is 2.61 bits per heavy atom. The van der Waals surface area contributed by atoms with Crippen molar-refractivity contribution < 1.29 is 14.3 Å². The lowest BCUT2D eigenvalue weighted by Crippen LogP contribution is -2.48. The van der Waals surface area contributed by atoms with Crippen molar-refractivity contribution in [2.75, 3.05) is 12.0 Å². The summed E-state index contributed by atoms with van der Waals surface area (Å²) in [6.07, 6.45) is 0.830. The number of piperidine rings is 1. The highest BCUT2D eigenvalue weighted by molar-refractivity contribution is 7.09. The first-order valence-electron chi connectivity index (χ1n) is 10.4. The van der Waals surface area contributed by atoms with E-state index in [9.17, 15) is 9.59 Å². The number of benzene rings is 2. The summed E-state index contributed by atoms with van der Waals surface area (Å²) in [7, 11) is 1.62. The summed E-state index contributed by atoms with van der Waals surface area (Å²) in [6.45, 7) is 2.50. The van der Waals surface area contributed by atoms with Crippen LogP contribution >= 0.6 is 11.3 Å². The van der Waals surface area contributed by atoms with Crippen LogP contribution in [0.15, 0.2) is 66.0 Å². The van der Waals surface area contributed by atoms with Crippen molar-refractivity contribution in [3.8, 4) is 5.75 Å². The van der Waals surface area contributed by atoms with Gasteiger partial charge in [-0.3, -0.25) is 9.59 Å². The lowest BCUT2D eigenvalue weighted by atomic mass is 9.82. The first kappa shape index (κ1) is 21.1. The molecule has 1 N–H and O–H groups in total. The van der Waals surface area contributed by atoms with Crippen molar-refractivity contribution in [2.45, 2.75) is 32.4 Å². The maximum atomic E-state index is 13.3. The van der Waals surface area contributed by atoms with Gasteiger partial charge in [-0.2, -0.15) is 0 Å². The highest BCUT2D eigenvalue weighted by Gasteiger charge is 2.42. The molecule has 1 aromatic heterocycles. The Labute approximate surface area is 186 Å². The Morgan fingerprint density at radius 1 is 1.13 bits per heavy atom. The summed E-state index contributed by atoms with van der Waals surface area (Å²) in [6, 6.07) is 19.1. The molecule has 2 aromatic carbocycles. The third-order valence-electron chi connectivity index (χ3n) is 5.72. The first-order chi connectivity index (χ1) is 15.1. The number of hydrogen-bond donors (Lipinski definition) is 1. The molecule has 0 bridgehead atoms. The molecule has 31 heavy (non-hydrogen) atoms. The number of carbonyl (C=O) groups is 2. The third kappa shape index (κ3) is 4.49. The van der Waals surface area contributed by atoms with Crippen LogP contribution in [0.5, 0.6) is 5.75 Å². The SMILES string of the molecule is COc1ccccc1C1C(C(=O)NCc2cccs2)CCC(=O)N1c1ccc(C)cc1. The van der Waals surface area contributed by atoms with Gasteiger partial charge in [-0.25, -0.2) is 0 Å². The minimum Gasteiger partial charge on any atom is -0.496 e. The van der Waals surface area contributed by atoms with Gasteiger partial charge in [0.25, 0.3) is 0 Å². The molecule has 1 aliphatic rings. The summed E-state index contributed by atoms with van der Waals surface area (Å²) in [5.41, 5.74) is 2.75. The topological polar surface area (TPSA) is 58.6 Å². The molecule has 0 radical (unpaired) electrons. The molecule has 2 amide bonds. The van der Waals surface area contributed by atoms with E-state index in [1.165, 1.54) is 0 Å². The van der Waals surface area contributed by atoms with E-state index in [0.717, 1.165) is 21.7 Å². The van der Waals surface area contributed by atoms with Crippen LogP contribution in [0, 0.1) is 12.8 Å². The first-order valence-corrected chi connectivity index (χ1v) is 11.3. The monoisotopic (exact) mass is 434 g/mol. The van der Waals surface area contributed by atoms with Crippen molar-refractivity contribution in [1.82, 2.24) is 5.32 Å². The van der Waals surface area contributed by atoms with Crippen LogP contribution in [-0.4, -0.2) is 18.9 Å². The number of hydrogen-bond acceptors (Lipinski definition) is 4. The lowest BCUT2D eigenvalue weighted by molar-refractivity contribution is -0.129. The molecular formula is C25H26N2O3S. The molecule has 1 saturated heterocycles. The molecule has 6 heteroatoms. The van der Waals surface area contributed by atoms with Crippen molar-refractivity contribution >= 4 is 28.8 Å². The number of ether oxygens (including phenoxy) is 1. The zero-order valence-electron chi connectivity index (χ0n) is 17.7. The van der Waals surface area contributed by atoms with Gasteiger partial charge in [-0.15, -0.1) is 11.3 Å². The quantitative estimate of drug-likeness (QED) is 0.602. The number of para-hydroxylation sites is 1. The van der Waals surface area contributed by atoms with Gasteiger partial charge in [-0.05, 0) is 43.0 Å². The van der Waals surface area contributed by atoms with Crippen LogP contribution < -0.4 is 15.0 Å². The van der Waals surface area contributed by atoms with Crippen LogP contribution in [-0.2, 0) is 16.1 Å². The molecule has 0 aliphatic carbocycles. The molecule has 0 saturated carbocycles. The molecular weight excluding hydrogens is 408 g/mol. The standard InChI is InChI=1S/C25H26N2O3S/c1-17-9-11-18(12-10-17)27-23(28)14-13-21(25(29)26-16-19-6-5-15-31-19)24(27)20-7-3-4-8-22(20)30-2/h3-12,15,21,24H,13-14,16H2,1-2H3,(H,26,29). The van der Waals surface area contributed by atoms with Crippen LogP contribution in [0.1, 0.15) is 34.9 Å². The smallest absolute Gasteiger partial charge is 0.227 e. The average Bonchev–Trinajstić information content (AvgIpc) is 3.31. The summed E-state index contributed by atoms with van der Waals surface area (Å²) >= 11 is 1.61. The van der Waals surface area contributed by atoms with Crippen LogP contribution in [0.2, 0.25) is 0 Å². The number of methoxy groups -OCH3 is 1. The summed E-state index contributed by atoms with van der Waals surface area (Å²) < 4.78 is 5.62. The Hall–Kier alpha value is -3.12. The maximum Gasteiger partial charge on any atom is 0.227 e. The number of rotatable bonds is 6. The van der Waals surface area contributed by atoms with E-state index in [2.05, 4.69) is 5.32 Å². The number of thiophene rings is 1. The van der Waals surface area contributed by atoms with Gasteiger partial charge >= 0.3 is 0 Å². The van der Waals surface area contributed by atoms with Gasteiger partial charge in [0.05, 0.1) is 25.6 Å². The Kier molecular flexibility index (Phi) is 6.37. The molecule has 1 fully saturated rings. The van der Waals surface area contributed by atoms with E-state index in [0.29, 0.717) is 25.1 Å². The predicted octanol–water partition coefficient (Wildman–Crippen LogP) is 4.87. The van der Waals surface area contributed by atoms with Gasteiger partial charge in [0.15, 0.2) is 0 Å². The fourth-order valence-electron chi connectivity index (χ4n) is 4.16. The van der Waals surface area contributed by atoms with E-state index >= 15 is 0 Å². The number of carbonyl (C=O) groups excluding carboxylic acids is 2. The lowest BCUT2D eigenvalue weighted by Gasteiger charge is -2.41. The van der Waals surface area contributed by atoms with Crippen LogP contribution in [0.4, 0.5) is 5.69 Å². The van der Waals surface area contributed by atoms with Crippen LogP contribution in [0.25, 0.3) is 0 Å². The summed E-state index contributed by atoms with van der Waals surface area (Å²) in [5, 5.41) is 5.08. The zero-order valence-corrected chi connectivity index (χ0v) is 18.5. The van der Waals surface area contributed by atoms with Crippen molar-refractivity contribution in [2.24, 2.45) is 5.92 Å². The summed E-state index contributed by atoms with van der Waals surface area (Å²) in [5.74, 6) is 0.265. The molecule has 3 aromatic rings. The maximum absolute atomic E-state index is 13.3. The number of nitrogens with zero attached hydrogens (tertiary/aromatic N) is 1. The van der Waals surface area contributed by atoms with Gasteiger partial charge < -0.3 is 15.0 Å². The third-order valence-corrected chi connectivity index (χ3v) is 6.60. The second-order valence-corrected chi connectivity index (χ2v) is 8.76. The van der Waals surface area contributed by atoms with Crippen molar-refractivity contribution in [3.05, 3.63) is 82.0 Å². The highest BCUT2D eigenvalue weighted by atomic mass is 32.1. The molecule has 4 rings (SSSR count). The van der Waals surface area contributed by atoms with E-state index in [1.807, 2.05) is 73.0 Å². The normalized spacial score (nSPS) is 18.6. The highest BCUT2D eigenvalue weighted by Crippen LogP contribution is 2.43. The molecule has 2 atom stereocenters. The Bertz CT molecular complexity index is 1050. The zero-order chi connectivity index (χ0) is 21.8. The fourth-order valence-corrected chi connectivity index (χ4v) is 4.81. The molecule has 2 heterocycles. The van der Waals surface area contributed by atoms with Gasteiger partial charge in [-0.1, -0.05) is 42.0 Å². The molecule has 1 aliphatic heterocycles. The average molecular weight is 435 g/mol. The molecule has 0 spiro atoms. The molecule has 160 valence electrons. The fraction of sp³-hybridized carbons (Fsp3) is 0.280. The second kappa shape index (κ2) is 9.35. The second-order valence-electron chi connectivity index (χ2n) is 7.73. The molecule has 5 nitrogen and oxygen atoms in total. The minimum atomic E-state index is -0.441. The Morgan fingerprint density at radius 2 is 1.90 bits per heavy atom. The van der Waals surface area contributed by atoms with Crippen LogP contribution in [0.3, 0.4) is 0 Å². The van der Waals surface area contributed by atoms with Gasteiger partial charge in [0, 0.05) is 22.5 Å². The summed E-state index contributed by atoms with van der Waals surface area (Å²) in [4.78, 5) is 29.3. The predicted molar refractivity (Wildman–Crippen MR) is 123 cm³/mol. The number of nitrogens with one attached hydrogen (secondary N) is 1. The van der Waals surface area contributed by atoms with Crippen molar-refractivity contribution in [3.63, 3.8) is 0 Å². The minimum absolute atomic E-state index is 0.0158. The molecule has 2 unspecified atom stereocenters. The largest absolute Gasteiger partial charge is 0.496 e. The van der Waals surface area contributed by atoms with E-state index in [4.69, 9.17) is 4.74 Å².